The second-order valence-corrected chi connectivity index (χ2v) is 7.10. The Kier molecular flexibility index (Phi) is 5.48. The van der Waals surface area contributed by atoms with E-state index in [4.69, 9.17) is 0 Å². The van der Waals surface area contributed by atoms with Gasteiger partial charge in [0.05, 0.1) is 0 Å². The molecule has 4 atom stereocenters. The summed E-state index contributed by atoms with van der Waals surface area (Å²) in [6, 6.07) is 0.538. The van der Waals surface area contributed by atoms with Gasteiger partial charge in [-0.15, -0.1) is 0 Å². The van der Waals surface area contributed by atoms with Crippen LogP contribution in [-0.2, 0) is 4.79 Å². The highest BCUT2D eigenvalue weighted by Gasteiger charge is 2.37. The van der Waals surface area contributed by atoms with Crippen molar-refractivity contribution in [2.45, 2.75) is 78.9 Å². The van der Waals surface area contributed by atoms with Crippen LogP contribution in [0.25, 0.3) is 0 Å². The number of nitrogens with zero attached hydrogens (tertiary/aromatic N) is 1. The van der Waals surface area contributed by atoms with Gasteiger partial charge in [-0.3, -0.25) is 10.1 Å². The Morgan fingerprint density at radius 1 is 1.24 bits per heavy atom. The number of carbonyl (C=O) groups excluding carboxylic acids is 1. The summed E-state index contributed by atoms with van der Waals surface area (Å²) in [5.41, 5.74) is 2.17. The van der Waals surface area contributed by atoms with Gasteiger partial charge in [0.1, 0.15) is 6.17 Å². The van der Waals surface area contributed by atoms with Gasteiger partial charge in [0.2, 0.25) is 0 Å². The van der Waals surface area contributed by atoms with Gasteiger partial charge in [0.15, 0.2) is 0 Å². The first-order chi connectivity index (χ1) is 9.97. The van der Waals surface area contributed by atoms with E-state index in [1.165, 1.54) is 24.8 Å². The molecule has 0 unspecified atom stereocenters. The van der Waals surface area contributed by atoms with Crippen LogP contribution in [0.15, 0.2) is 11.1 Å². The Balaban J connectivity index is 2.09. The molecule has 0 aromatic heterocycles. The lowest BCUT2D eigenvalue weighted by atomic mass is 9.78. The number of nitrogens with one attached hydrogen (secondary N) is 1. The van der Waals surface area contributed by atoms with Crippen molar-refractivity contribution in [3.8, 4) is 0 Å². The van der Waals surface area contributed by atoms with Gasteiger partial charge in [-0.25, -0.2) is 0 Å². The lowest BCUT2D eigenvalue weighted by Crippen LogP contribution is -2.53. The van der Waals surface area contributed by atoms with Gasteiger partial charge < -0.3 is 4.90 Å². The molecule has 1 amide bonds. The summed E-state index contributed by atoms with van der Waals surface area (Å²) in [7, 11) is 0. The summed E-state index contributed by atoms with van der Waals surface area (Å²) in [4.78, 5) is 14.5. The fourth-order valence-electron chi connectivity index (χ4n) is 3.73. The van der Waals surface area contributed by atoms with Crippen LogP contribution in [0.4, 0.5) is 0 Å². The minimum Gasteiger partial charge on any atom is -0.319 e. The summed E-state index contributed by atoms with van der Waals surface area (Å²) >= 11 is 0. The van der Waals surface area contributed by atoms with E-state index in [1.54, 1.807) is 0 Å². The Morgan fingerprint density at radius 2 is 1.95 bits per heavy atom. The molecule has 1 N–H and O–H groups in total. The zero-order valence-electron chi connectivity index (χ0n) is 14.4. The summed E-state index contributed by atoms with van der Waals surface area (Å²) in [5.74, 6) is 1.70. The van der Waals surface area contributed by atoms with Crippen molar-refractivity contribution in [3.05, 3.63) is 11.1 Å². The molecule has 2 aliphatic rings. The van der Waals surface area contributed by atoms with Crippen LogP contribution < -0.4 is 5.32 Å². The van der Waals surface area contributed by atoms with E-state index in [0.29, 0.717) is 12.0 Å². The number of hydrogen-bond acceptors (Lipinski definition) is 2. The van der Waals surface area contributed by atoms with Gasteiger partial charge in [0, 0.05) is 18.2 Å². The summed E-state index contributed by atoms with van der Waals surface area (Å²) in [6.45, 7) is 11.9. The molecule has 120 valence electrons. The van der Waals surface area contributed by atoms with Crippen LogP contribution in [0.5, 0.6) is 0 Å². The predicted molar refractivity (Wildman–Crippen MR) is 87.9 cm³/mol. The van der Waals surface area contributed by atoms with Crippen LogP contribution in [0.3, 0.4) is 0 Å². The van der Waals surface area contributed by atoms with E-state index >= 15 is 0 Å². The van der Waals surface area contributed by atoms with Gasteiger partial charge in [0.25, 0.3) is 5.91 Å². The monoisotopic (exact) mass is 292 g/mol. The summed E-state index contributed by atoms with van der Waals surface area (Å²) < 4.78 is 0. The molecule has 2 rings (SSSR count). The van der Waals surface area contributed by atoms with Crippen molar-refractivity contribution < 1.29 is 4.79 Å². The molecular formula is C18H32N2O. The molecule has 0 bridgehead atoms. The fraction of sp³-hybridized carbons (Fsp3) is 0.833. The number of rotatable bonds is 5. The molecule has 1 aliphatic carbocycles. The third-order valence-electron chi connectivity index (χ3n) is 5.73. The minimum atomic E-state index is 0.127. The highest BCUT2D eigenvalue weighted by atomic mass is 16.2. The summed E-state index contributed by atoms with van der Waals surface area (Å²) in [6.07, 6.45) is 6.23. The van der Waals surface area contributed by atoms with Crippen LogP contribution >= 0.6 is 0 Å². The van der Waals surface area contributed by atoms with E-state index < -0.39 is 0 Å². The Bertz CT molecular complexity index is 415. The third-order valence-corrected chi connectivity index (χ3v) is 5.73. The fourth-order valence-corrected chi connectivity index (χ4v) is 3.73. The highest BCUT2D eigenvalue weighted by molar-refractivity contribution is 5.96. The molecule has 3 heteroatoms. The van der Waals surface area contributed by atoms with Crippen molar-refractivity contribution in [2.75, 3.05) is 6.54 Å². The second kappa shape index (κ2) is 6.95. The molecule has 3 nitrogen and oxygen atoms in total. The Labute approximate surface area is 130 Å². The van der Waals surface area contributed by atoms with Crippen molar-refractivity contribution in [3.63, 3.8) is 0 Å². The van der Waals surface area contributed by atoms with E-state index in [-0.39, 0.29) is 12.1 Å². The normalized spacial score (nSPS) is 34.0. The second-order valence-electron chi connectivity index (χ2n) is 7.10. The molecule has 0 spiro atoms. The van der Waals surface area contributed by atoms with E-state index in [0.717, 1.165) is 30.9 Å². The molecule has 1 saturated carbocycles. The van der Waals surface area contributed by atoms with Gasteiger partial charge in [-0.2, -0.15) is 0 Å². The quantitative estimate of drug-likeness (QED) is 0.838. The predicted octanol–water partition coefficient (Wildman–Crippen LogP) is 3.71. The molecule has 1 aliphatic heterocycles. The topological polar surface area (TPSA) is 32.3 Å². The third kappa shape index (κ3) is 3.33. The number of unbranched alkanes of at least 4 members (excludes halogenated alkanes) is 1. The lowest BCUT2D eigenvalue weighted by molar-refractivity contribution is -0.127. The molecule has 21 heavy (non-hydrogen) atoms. The first-order valence-electron chi connectivity index (χ1n) is 8.71. The van der Waals surface area contributed by atoms with Crippen molar-refractivity contribution in [1.29, 1.82) is 0 Å². The van der Waals surface area contributed by atoms with E-state index in [9.17, 15) is 4.79 Å². The Morgan fingerprint density at radius 3 is 2.62 bits per heavy atom. The first-order valence-corrected chi connectivity index (χ1v) is 8.71. The lowest BCUT2D eigenvalue weighted by Gasteiger charge is -2.39. The SMILES string of the molecule is CCCCN1C(=O)C(C)=C(C)[C@@H]1N[C@@H]1CCC[C@H](C)[C@H]1C. The minimum absolute atomic E-state index is 0.127. The van der Waals surface area contributed by atoms with Crippen molar-refractivity contribution >= 4 is 5.91 Å². The van der Waals surface area contributed by atoms with Crippen LogP contribution in [0.1, 0.15) is 66.7 Å². The van der Waals surface area contributed by atoms with Crippen LogP contribution in [0, 0.1) is 11.8 Å². The zero-order chi connectivity index (χ0) is 15.6. The average Bonchev–Trinajstić information content (AvgIpc) is 2.66. The molecule has 0 aromatic carbocycles. The number of hydrogen-bond donors (Lipinski definition) is 1. The summed E-state index contributed by atoms with van der Waals surface area (Å²) in [5, 5.41) is 3.81. The molecule has 1 fully saturated rings. The van der Waals surface area contributed by atoms with Crippen LogP contribution in [-0.4, -0.2) is 29.6 Å². The average molecular weight is 292 g/mol. The maximum absolute atomic E-state index is 12.4. The smallest absolute Gasteiger partial charge is 0.251 e. The largest absolute Gasteiger partial charge is 0.319 e. The van der Waals surface area contributed by atoms with Gasteiger partial charge >= 0.3 is 0 Å². The molecule has 1 heterocycles. The van der Waals surface area contributed by atoms with Crippen molar-refractivity contribution in [1.82, 2.24) is 10.2 Å². The zero-order valence-corrected chi connectivity index (χ0v) is 14.4. The van der Waals surface area contributed by atoms with Gasteiger partial charge in [-0.05, 0) is 44.1 Å². The molecule has 0 aromatic rings. The van der Waals surface area contributed by atoms with Crippen molar-refractivity contribution in [2.24, 2.45) is 11.8 Å². The highest BCUT2D eigenvalue weighted by Crippen LogP contribution is 2.32. The standard InChI is InChI=1S/C18H32N2O/c1-6-7-11-20-17(14(4)15(5)18(20)21)19-16-10-8-9-12(2)13(16)3/h12-13,16-17,19H,6-11H2,1-5H3/t12-,13+,16+,17+/m0/s1. The molecular weight excluding hydrogens is 260 g/mol. The Hall–Kier alpha value is -0.830. The number of amides is 1. The maximum atomic E-state index is 12.4. The maximum Gasteiger partial charge on any atom is 0.251 e. The van der Waals surface area contributed by atoms with Crippen LogP contribution in [0.2, 0.25) is 0 Å². The molecule has 0 radical (unpaired) electrons. The van der Waals surface area contributed by atoms with E-state index in [1.807, 2.05) is 6.92 Å². The van der Waals surface area contributed by atoms with E-state index in [2.05, 4.69) is 37.9 Å². The van der Waals surface area contributed by atoms with Gasteiger partial charge in [-0.1, -0.05) is 40.0 Å². The first kappa shape index (κ1) is 16.5. The number of carbonyl (C=O) groups is 1. The molecule has 0 saturated heterocycles.